The number of imide groups is 1. The Morgan fingerprint density at radius 3 is 2.28 bits per heavy atom. The van der Waals surface area contributed by atoms with Crippen LogP contribution >= 0.6 is 0 Å². The highest BCUT2D eigenvalue weighted by molar-refractivity contribution is 6.12. The van der Waals surface area contributed by atoms with Crippen LogP contribution in [0.3, 0.4) is 0 Å². The van der Waals surface area contributed by atoms with Gasteiger partial charge in [0.2, 0.25) is 0 Å². The van der Waals surface area contributed by atoms with Gasteiger partial charge < -0.3 is 24.3 Å². The van der Waals surface area contributed by atoms with E-state index < -0.39 is 17.8 Å². The molecule has 0 saturated carbocycles. The number of amides is 3. The van der Waals surface area contributed by atoms with Crippen LogP contribution in [0, 0.1) is 0 Å². The first-order chi connectivity index (χ1) is 17.0. The average Bonchev–Trinajstić information content (AvgIpc) is 3.13. The first-order valence-electron chi connectivity index (χ1n) is 12.0. The van der Waals surface area contributed by atoms with Crippen LogP contribution in [0.2, 0.25) is 0 Å². The summed E-state index contributed by atoms with van der Waals surface area (Å²) in [4.78, 5) is 59.5. The normalized spacial score (nSPS) is 14.1. The Balaban J connectivity index is 2.17. The van der Waals surface area contributed by atoms with E-state index in [9.17, 15) is 24.0 Å². The predicted octanol–water partition coefficient (Wildman–Crippen LogP) is 1.74. The molecule has 0 aliphatic carbocycles. The molecule has 0 radical (unpaired) electrons. The van der Waals surface area contributed by atoms with E-state index in [-0.39, 0.29) is 62.5 Å². The van der Waals surface area contributed by atoms with E-state index >= 15 is 0 Å². The van der Waals surface area contributed by atoms with Gasteiger partial charge in [0, 0.05) is 38.1 Å². The molecule has 0 aromatic heterocycles. The summed E-state index contributed by atoms with van der Waals surface area (Å²) in [7, 11) is 0. The highest BCUT2D eigenvalue weighted by Crippen LogP contribution is 2.08. The lowest BCUT2D eigenvalue weighted by molar-refractivity contribution is -0.137. The van der Waals surface area contributed by atoms with Gasteiger partial charge in [0.05, 0.1) is 32.5 Å². The SMILES string of the molecule is C=CC(=O)CCC(CNC(=O)OC(C)(C)C)OCC(=O)CCCOCCOCCN1C(=O)C=CC1=O. The van der Waals surface area contributed by atoms with Crippen molar-refractivity contribution in [3.8, 4) is 0 Å². The number of hydrogen-bond acceptors (Lipinski definition) is 9. The molecule has 1 rings (SSSR count). The van der Waals surface area contributed by atoms with Crippen LogP contribution in [0.4, 0.5) is 4.79 Å². The minimum atomic E-state index is -0.643. The lowest BCUT2D eigenvalue weighted by atomic mass is 10.1. The second-order valence-corrected chi connectivity index (χ2v) is 9.05. The van der Waals surface area contributed by atoms with E-state index in [0.717, 1.165) is 4.90 Å². The smallest absolute Gasteiger partial charge is 0.407 e. The molecule has 1 unspecified atom stereocenters. The Labute approximate surface area is 212 Å². The molecule has 11 nitrogen and oxygen atoms in total. The molecular weight excluding hydrogens is 472 g/mol. The van der Waals surface area contributed by atoms with Gasteiger partial charge in [0.15, 0.2) is 11.6 Å². The van der Waals surface area contributed by atoms with Crippen LogP contribution in [0.25, 0.3) is 0 Å². The van der Waals surface area contributed by atoms with Gasteiger partial charge >= 0.3 is 6.09 Å². The fourth-order valence-electron chi connectivity index (χ4n) is 2.94. The second-order valence-electron chi connectivity index (χ2n) is 9.05. The summed E-state index contributed by atoms with van der Waals surface area (Å²) >= 11 is 0. The minimum Gasteiger partial charge on any atom is -0.444 e. The maximum Gasteiger partial charge on any atom is 0.407 e. The van der Waals surface area contributed by atoms with Crippen LogP contribution < -0.4 is 5.32 Å². The molecule has 0 spiro atoms. The third-order valence-electron chi connectivity index (χ3n) is 4.77. The molecule has 0 fully saturated rings. The van der Waals surface area contributed by atoms with Gasteiger partial charge in [0.25, 0.3) is 11.8 Å². The Morgan fingerprint density at radius 2 is 1.67 bits per heavy atom. The summed E-state index contributed by atoms with van der Waals surface area (Å²) in [6.45, 7) is 10.0. The average molecular weight is 511 g/mol. The maximum absolute atomic E-state index is 12.2. The van der Waals surface area contributed by atoms with E-state index in [2.05, 4.69) is 11.9 Å². The topological polar surface area (TPSA) is 138 Å². The number of Topliss-reactive ketones (excluding diaryl/α,β-unsaturated/α-hetero) is 1. The number of rotatable bonds is 19. The standard InChI is InChI=1S/C25H38N2O9/c1-5-19(28)8-9-21(17-26-24(32)36-25(2,3)4)35-18-20(29)7-6-13-33-15-16-34-14-12-27-22(30)10-11-23(27)31/h5,10-11,21H,1,6-9,12-18H2,2-4H3,(H,26,32). The molecule has 36 heavy (non-hydrogen) atoms. The zero-order valence-corrected chi connectivity index (χ0v) is 21.4. The molecule has 0 aromatic carbocycles. The van der Waals surface area contributed by atoms with Crippen molar-refractivity contribution in [2.24, 2.45) is 0 Å². The number of alkyl carbamates (subject to hydrolysis) is 1. The van der Waals surface area contributed by atoms with Gasteiger partial charge in [-0.25, -0.2) is 4.79 Å². The minimum absolute atomic E-state index is 0.103. The van der Waals surface area contributed by atoms with E-state index in [4.69, 9.17) is 18.9 Å². The van der Waals surface area contributed by atoms with Crippen molar-refractivity contribution in [1.29, 1.82) is 0 Å². The largest absolute Gasteiger partial charge is 0.444 e. The monoisotopic (exact) mass is 510 g/mol. The lowest BCUT2D eigenvalue weighted by Gasteiger charge is -2.22. The van der Waals surface area contributed by atoms with Gasteiger partial charge in [0.1, 0.15) is 12.2 Å². The molecule has 202 valence electrons. The number of carbonyl (C=O) groups excluding carboxylic acids is 5. The van der Waals surface area contributed by atoms with Gasteiger partial charge in [-0.3, -0.25) is 24.1 Å². The fourth-order valence-corrected chi connectivity index (χ4v) is 2.94. The van der Waals surface area contributed by atoms with Crippen LogP contribution in [0.15, 0.2) is 24.8 Å². The predicted molar refractivity (Wildman–Crippen MR) is 130 cm³/mol. The number of carbonyl (C=O) groups is 5. The zero-order chi connectivity index (χ0) is 27.0. The first-order valence-corrected chi connectivity index (χ1v) is 12.0. The fraction of sp³-hybridized carbons (Fsp3) is 0.640. The zero-order valence-electron chi connectivity index (χ0n) is 21.4. The third-order valence-corrected chi connectivity index (χ3v) is 4.77. The Kier molecular flexibility index (Phi) is 14.5. The van der Waals surface area contributed by atoms with Crippen molar-refractivity contribution in [2.75, 3.05) is 46.1 Å². The molecular formula is C25H38N2O9. The summed E-state index contributed by atoms with van der Waals surface area (Å²) < 4.78 is 21.6. The van der Waals surface area contributed by atoms with E-state index in [1.54, 1.807) is 20.8 Å². The molecule has 11 heteroatoms. The van der Waals surface area contributed by atoms with Crippen molar-refractivity contribution >= 4 is 29.5 Å². The Morgan fingerprint density at radius 1 is 1.03 bits per heavy atom. The van der Waals surface area contributed by atoms with Crippen molar-refractivity contribution in [1.82, 2.24) is 10.2 Å². The maximum atomic E-state index is 12.2. The van der Waals surface area contributed by atoms with Crippen LogP contribution in [-0.2, 0) is 38.1 Å². The van der Waals surface area contributed by atoms with Gasteiger partial charge in [-0.1, -0.05) is 6.58 Å². The van der Waals surface area contributed by atoms with Crippen molar-refractivity contribution in [3.05, 3.63) is 24.8 Å². The van der Waals surface area contributed by atoms with Crippen LogP contribution in [-0.4, -0.2) is 92.2 Å². The second kappa shape index (κ2) is 16.7. The number of hydrogen-bond donors (Lipinski definition) is 1. The van der Waals surface area contributed by atoms with Gasteiger partial charge in [-0.05, 0) is 39.7 Å². The Hall–Kier alpha value is -2.89. The molecule has 1 aliphatic rings. The quantitative estimate of drug-likeness (QED) is 0.156. The molecule has 0 saturated heterocycles. The van der Waals surface area contributed by atoms with Gasteiger partial charge in [-0.15, -0.1) is 0 Å². The number of allylic oxidation sites excluding steroid dienone is 1. The van der Waals surface area contributed by atoms with E-state index in [0.29, 0.717) is 32.7 Å². The van der Waals surface area contributed by atoms with E-state index in [1.807, 2.05) is 0 Å². The van der Waals surface area contributed by atoms with Crippen molar-refractivity contribution < 1.29 is 42.9 Å². The number of nitrogens with one attached hydrogen (secondary N) is 1. The summed E-state index contributed by atoms with van der Waals surface area (Å²) in [6.07, 6.45) is 3.82. The molecule has 1 aliphatic heterocycles. The summed E-state index contributed by atoms with van der Waals surface area (Å²) in [6, 6.07) is 0. The van der Waals surface area contributed by atoms with Crippen molar-refractivity contribution in [2.45, 2.75) is 58.2 Å². The molecule has 0 bridgehead atoms. The lowest BCUT2D eigenvalue weighted by Crippen LogP contribution is -2.38. The number of nitrogens with zero attached hydrogens (tertiary/aromatic N) is 1. The van der Waals surface area contributed by atoms with Crippen molar-refractivity contribution in [3.63, 3.8) is 0 Å². The number of ether oxygens (including phenoxy) is 4. The van der Waals surface area contributed by atoms with Crippen LogP contribution in [0.5, 0.6) is 0 Å². The first kappa shape index (κ1) is 31.1. The summed E-state index contributed by atoms with van der Waals surface area (Å²) in [5.74, 6) is -0.960. The summed E-state index contributed by atoms with van der Waals surface area (Å²) in [5, 5.41) is 2.60. The van der Waals surface area contributed by atoms with Gasteiger partial charge in [-0.2, -0.15) is 0 Å². The van der Waals surface area contributed by atoms with Crippen LogP contribution in [0.1, 0.15) is 46.5 Å². The third kappa shape index (κ3) is 14.5. The van der Waals surface area contributed by atoms with E-state index in [1.165, 1.54) is 18.2 Å². The molecule has 1 N–H and O–H groups in total. The molecule has 1 heterocycles. The molecule has 0 aromatic rings. The number of ketones is 2. The highest BCUT2D eigenvalue weighted by Gasteiger charge is 2.22. The summed E-state index contributed by atoms with van der Waals surface area (Å²) in [5.41, 5.74) is -0.643. The molecule has 1 atom stereocenters. The molecule has 3 amide bonds. The Bertz CT molecular complexity index is 784. The highest BCUT2D eigenvalue weighted by atomic mass is 16.6.